The molecule has 0 amide bonds. The van der Waals surface area contributed by atoms with Gasteiger partial charge in [-0.05, 0) is 50.4 Å². The van der Waals surface area contributed by atoms with Crippen molar-refractivity contribution < 1.29 is 14.3 Å². The van der Waals surface area contributed by atoms with Crippen molar-refractivity contribution in [2.24, 2.45) is 5.92 Å². The van der Waals surface area contributed by atoms with Gasteiger partial charge in [-0.1, -0.05) is 12.1 Å². The zero-order valence-corrected chi connectivity index (χ0v) is 11.8. The highest BCUT2D eigenvalue weighted by molar-refractivity contribution is 5.85. The summed E-state index contributed by atoms with van der Waals surface area (Å²) in [5, 5.41) is 8.55. The van der Waals surface area contributed by atoms with Gasteiger partial charge in [0.1, 0.15) is 5.82 Å². The summed E-state index contributed by atoms with van der Waals surface area (Å²) >= 11 is 0. The minimum Gasteiger partial charge on any atom is -0.478 e. The molecule has 1 unspecified atom stereocenters. The van der Waals surface area contributed by atoms with Crippen molar-refractivity contribution in [3.8, 4) is 0 Å². The van der Waals surface area contributed by atoms with Crippen LogP contribution in [0, 0.1) is 11.7 Å². The van der Waals surface area contributed by atoms with E-state index in [-0.39, 0.29) is 5.82 Å². The molecule has 0 aromatic heterocycles. The molecule has 1 N–H and O–H groups in total. The Labute approximate surface area is 118 Å². The van der Waals surface area contributed by atoms with Crippen molar-refractivity contribution in [2.45, 2.75) is 32.4 Å². The van der Waals surface area contributed by atoms with E-state index in [9.17, 15) is 9.18 Å². The van der Waals surface area contributed by atoms with Crippen molar-refractivity contribution in [2.75, 3.05) is 7.05 Å². The van der Waals surface area contributed by atoms with Crippen LogP contribution in [0.3, 0.4) is 0 Å². The molecule has 1 atom stereocenters. The lowest BCUT2D eigenvalue weighted by Gasteiger charge is -2.24. The van der Waals surface area contributed by atoms with E-state index >= 15 is 0 Å². The first kappa shape index (κ1) is 14.7. The Morgan fingerprint density at radius 1 is 1.55 bits per heavy atom. The molecule has 2 rings (SSSR count). The highest BCUT2D eigenvalue weighted by atomic mass is 19.1. The van der Waals surface area contributed by atoms with E-state index in [2.05, 4.69) is 11.8 Å². The number of carboxylic acids is 1. The predicted octanol–water partition coefficient (Wildman–Crippen LogP) is 3.15. The Hall–Kier alpha value is -1.68. The first-order valence-electron chi connectivity index (χ1n) is 6.87. The monoisotopic (exact) mass is 277 g/mol. The van der Waals surface area contributed by atoms with Crippen LogP contribution in [-0.2, 0) is 11.3 Å². The first-order chi connectivity index (χ1) is 9.47. The summed E-state index contributed by atoms with van der Waals surface area (Å²) in [6.45, 7) is 2.76. The lowest BCUT2D eigenvalue weighted by molar-refractivity contribution is -0.131. The van der Waals surface area contributed by atoms with Crippen molar-refractivity contribution in [3.63, 3.8) is 0 Å². The molecule has 0 bridgehead atoms. The third kappa shape index (κ3) is 3.90. The molecular formula is C16H20FNO2. The third-order valence-corrected chi connectivity index (χ3v) is 3.91. The number of carbonyl (C=O) groups is 1. The maximum absolute atomic E-state index is 14.0. The minimum absolute atomic E-state index is 0.285. The SMILES string of the molecule is CC(C1CC1)N(C)Cc1ccc(C=CC(=O)O)cc1F. The van der Waals surface area contributed by atoms with E-state index in [1.807, 2.05) is 7.05 Å². The summed E-state index contributed by atoms with van der Waals surface area (Å²) < 4.78 is 14.0. The largest absolute Gasteiger partial charge is 0.478 e. The highest BCUT2D eigenvalue weighted by Gasteiger charge is 2.30. The van der Waals surface area contributed by atoms with Crippen molar-refractivity contribution in [1.82, 2.24) is 4.90 Å². The number of hydrogen-bond donors (Lipinski definition) is 1. The summed E-state index contributed by atoms with van der Waals surface area (Å²) in [7, 11) is 2.01. The number of hydrogen-bond acceptors (Lipinski definition) is 2. The number of aliphatic carboxylic acids is 1. The second-order valence-electron chi connectivity index (χ2n) is 5.52. The minimum atomic E-state index is -1.03. The van der Waals surface area contributed by atoms with E-state index in [0.717, 1.165) is 12.0 Å². The molecule has 20 heavy (non-hydrogen) atoms. The number of halogens is 1. The zero-order chi connectivity index (χ0) is 14.7. The average molecular weight is 277 g/mol. The quantitative estimate of drug-likeness (QED) is 0.812. The molecule has 1 aliphatic rings. The van der Waals surface area contributed by atoms with E-state index < -0.39 is 5.97 Å². The smallest absolute Gasteiger partial charge is 0.328 e. The van der Waals surface area contributed by atoms with Gasteiger partial charge in [0, 0.05) is 24.2 Å². The van der Waals surface area contributed by atoms with E-state index in [1.54, 1.807) is 12.1 Å². The molecule has 0 aliphatic heterocycles. The fourth-order valence-electron chi connectivity index (χ4n) is 2.31. The molecule has 4 heteroatoms. The van der Waals surface area contributed by atoms with Crippen molar-refractivity contribution >= 4 is 12.0 Å². The lowest BCUT2D eigenvalue weighted by atomic mass is 10.1. The maximum Gasteiger partial charge on any atom is 0.328 e. The average Bonchev–Trinajstić information content (AvgIpc) is 3.22. The third-order valence-electron chi connectivity index (χ3n) is 3.91. The molecular weight excluding hydrogens is 257 g/mol. The Morgan fingerprint density at radius 3 is 2.80 bits per heavy atom. The number of benzene rings is 1. The lowest BCUT2D eigenvalue weighted by Crippen LogP contribution is -2.30. The van der Waals surface area contributed by atoms with Gasteiger partial charge in [0.15, 0.2) is 0 Å². The summed E-state index contributed by atoms with van der Waals surface area (Å²) in [6.07, 6.45) is 4.95. The zero-order valence-electron chi connectivity index (χ0n) is 11.8. The van der Waals surface area contributed by atoms with Crippen LogP contribution in [0.1, 0.15) is 30.9 Å². The van der Waals surface area contributed by atoms with E-state index in [4.69, 9.17) is 5.11 Å². The molecule has 1 fully saturated rings. The molecule has 3 nitrogen and oxygen atoms in total. The normalized spacial score (nSPS) is 16.8. The molecule has 0 spiro atoms. The van der Waals surface area contributed by atoms with Crippen molar-refractivity contribution in [3.05, 3.63) is 41.2 Å². The van der Waals surface area contributed by atoms with Crippen LogP contribution in [0.4, 0.5) is 4.39 Å². The molecule has 1 saturated carbocycles. The van der Waals surface area contributed by atoms with Crippen molar-refractivity contribution in [1.29, 1.82) is 0 Å². The summed E-state index contributed by atoms with van der Waals surface area (Å²) in [6, 6.07) is 5.33. The molecule has 1 aromatic rings. The van der Waals surface area contributed by atoms with Crippen LogP contribution in [0.15, 0.2) is 24.3 Å². The fourth-order valence-corrected chi connectivity index (χ4v) is 2.31. The Balaban J connectivity index is 2.03. The second-order valence-corrected chi connectivity index (χ2v) is 5.52. The van der Waals surface area contributed by atoms with Gasteiger partial charge in [-0.3, -0.25) is 4.90 Å². The van der Waals surface area contributed by atoms with Gasteiger partial charge < -0.3 is 5.11 Å². The topological polar surface area (TPSA) is 40.5 Å². The number of rotatable bonds is 6. The van der Waals surface area contributed by atoms with E-state index in [1.165, 1.54) is 25.0 Å². The highest BCUT2D eigenvalue weighted by Crippen LogP contribution is 2.35. The molecule has 1 aliphatic carbocycles. The Morgan fingerprint density at radius 2 is 2.25 bits per heavy atom. The molecule has 0 radical (unpaired) electrons. The first-order valence-corrected chi connectivity index (χ1v) is 6.87. The predicted molar refractivity (Wildman–Crippen MR) is 76.7 cm³/mol. The van der Waals surface area contributed by atoms with Crippen LogP contribution >= 0.6 is 0 Å². The summed E-state index contributed by atoms with van der Waals surface area (Å²) in [4.78, 5) is 12.6. The van der Waals surface area contributed by atoms with Gasteiger partial charge in [-0.2, -0.15) is 0 Å². The second kappa shape index (κ2) is 6.18. The van der Waals surface area contributed by atoms with Gasteiger partial charge in [-0.15, -0.1) is 0 Å². The summed E-state index contributed by atoms with van der Waals surface area (Å²) in [5.74, 6) is -0.569. The maximum atomic E-state index is 14.0. The molecule has 1 aromatic carbocycles. The molecule has 0 heterocycles. The molecule has 108 valence electrons. The fraction of sp³-hybridized carbons (Fsp3) is 0.438. The van der Waals surface area contributed by atoms with Crippen LogP contribution in [0.5, 0.6) is 0 Å². The Bertz CT molecular complexity index is 523. The van der Waals surface area contributed by atoms with Crippen LogP contribution in [0.25, 0.3) is 6.08 Å². The van der Waals surface area contributed by atoms with Crippen LogP contribution < -0.4 is 0 Å². The van der Waals surface area contributed by atoms with Crippen LogP contribution in [-0.4, -0.2) is 29.1 Å². The van der Waals surface area contributed by atoms with Gasteiger partial charge in [0.25, 0.3) is 0 Å². The Kier molecular flexibility index (Phi) is 4.55. The standard InChI is InChI=1S/C16H20FNO2/c1-11(13-6-7-13)18(2)10-14-5-3-12(9-15(14)17)4-8-16(19)20/h3-5,8-9,11,13H,6-7,10H2,1-2H3,(H,19,20). The van der Waals surface area contributed by atoms with Gasteiger partial charge in [0.05, 0.1) is 0 Å². The number of carboxylic acid groups (broad SMARTS) is 1. The van der Waals surface area contributed by atoms with E-state index in [0.29, 0.717) is 23.7 Å². The van der Waals surface area contributed by atoms with Gasteiger partial charge in [0.2, 0.25) is 0 Å². The van der Waals surface area contributed by atoms with Gasteiger partial charge >= 0.3 is 5.97 Å². The number of nitrogens with zero attached hydrogens (tertiary/aromatic N) is 1. The van der Waals surface area contributed by atoms with Crippen LogP contribution in [0.2, 0.25) is 0 Å². The van der Waals surface area contributed by atoms with Gasteiger partial charge in [-0.25, -0.2) is 9.18 Å². The summed E-state index contributed by atoms with van der Waals surface area (Å²) in [5.41, 5.74) is 1.21. The molecule has 0 saturated heterocycles.